The van der Waals surface area contributed by atoms with Crippen LogP contribution in [-0.4, -0.2) is 93.3 Å². The fraction of sp³-hybridized carbons (Fsp3) is 0.333. The molecule has 2 aliphatic heterocycles. The molecule has 12 nitrogen and oxygen atoms in total. The number of piperazine rings is 1. The number of benzene rings is 2. The number of nitrogen functional groups attached to an aromatic ring is 1. The molecule has 2 saturated heterocycles. The van der Waals surface area contributed by atoms with Crippen molar-refractivity contribution in [3.8, 4) is 11.1 Å². The molecule has 2 aromatic carbocycles. The van der Waals surface area contributed by atoms with Crippen LogP contribution < -0.4 is 20.3 Å². The molecule has 0 saturated carbocycles. The number of hydrogen-bond donors (Lipinski definition) is 3. The van der Waals surface area contributed by atoms with Crippen LogP contribution in [0.2, 0.25) is 0 Å². The van der Waals surface area contributed by atoms with E-state index in [-0.39, 0.29) is 23.7 Å². The van der Waals surface area contributed by atoms with Gasteiger partial charge in [-0.15, -0.1) is 4.31 Å². The van der Waals surface area contributed by atoms with E-state index in [0.717, 1.165) is 56.7 Å². The van der Waals surface area contributed by atoms with Gasteiger partial charge in [-0.1, -0.05) is 0 Å². The molecule has 0 aliphatic carbocycles. The van der Waals surface area contributed by atoms with E-state index in [4.69, 9.17) is 5.73 Å². The summed E-state index contributed by atoms with van der Waals surface area (Å²) < 4.78 is 46.9. The summed E-state index contributed by atoms with van der Waals surface area (Å²) in [5.74, 6) is -1.71. The van der Waals surface area contributed by atoms with Gasteiger partial charge in [0.05, 0.1) is 12.1 Å². The number of aromatic amines is 1. The molecule has 1 amide bonds. The van der Waals surface area contributed by atoms with Gasteiger partial charge in [0.25, 0.3) is 0 Å². The summed E-state index contributed by atoms with van der Waals surface area (Å²) in [5.41, 5.74) is 8.55. The van der Waals surface area contributed by atoms with E-state index >= 15 is 4.39 Å². The number of H-pyrrole nitrogens is 1. The van der Waals surface area contributed by atoms with Crippen LogP contribution in [0.15, 0.2) is 73.2 Å². The van der Waals surface area contributed by atoms with Crippen LogP contribution in [0.25, 0.3) is 22.2 Å². The summed E-state index contributed by atoms with van der Waals surface area (Å²) in [6.45, 7) is 6.50. The topological polar surface area (TPSA) is 150 Å². The van der Waals surface area contributed by atoms with Gasteiger partial charge in [0.2, 0.25) is 11.7 Å². The number of fused-ring (bicyclic) bond motifs is 1. The Balaban J connectivity index is 0.971. The number of carbonyl (C=O) groups excluding carboxylic acids is 2. The van der Waals surface area contributed by atoms with Gasteiger partial charge in [0.1, 0.15) is 23.0 Å². The van der Waals surface area contributed by atoms with Crippen molar-refractivity contribution in [2.24, 2.45) is 5.92 Å². The average molecular weight is 756 g/mol. The minimum absolute atomic E-state index is 0.0330. The summed E-state index contributed by atoms with van der Waals surface area (Å²) in [7, 11) is 1.58. The smallest absolute Gasteiger partial charge is 0.242 e. The molecule has 7 rings (SSSR count). The maximum Gasteiger partial charge on any atom is 0.242 e. The fourth-order valence-corrected chi connectivity index (χ4v) is 7.74. The van der Waals surface area contributed by atoms with E-state index in [0.29, 0.717) is 53.5 Å². The monoisotopic (exact) mass is 755 g/mol. The Hall–Kier alpha value is -5.25. The molecule has 2 fully saturated rings. The zero-order valence-corrected chi connectivity index (χ0v) is 31.0. The van der Waals surface area contributed by atoms with Crippen molar-refractivity contribution in [3.05, 3.63) is 95.9 Å². The summed E-state index contributed by atoms with van der Waals surface area (Å²) in [4.78, 5) is 45.1. The third-order valence-electron chi connectivity index (χ3n) is 10.4. The van der Waals surface area contributed by atoms with Gasteiger partial charge in [0, 0.05) is 98.4 Å². The van der Waals surface area contributed by atoms with Gasteiger partial charge < -0.3 is 30.0 Å². The zero-order valence-electron chi connectivity index (χ0n) is 30.2. The molecule has 1 atom stereocenters. The molecule has 5 heterocycles. The number of carbonyl (C=O) groups is 2. The van der Waals surface area contributed by atoms with Crippen LogP contribution in [0.3, 0.4) is 0 Å². The number of nitrogens with one attached hydrogen (secondary N) is 2. The Morgan fingerprint density at radius 2 is 1.78 bits per heavy atom. The molecule has 2 aliphatic rings. The van der Waals surface area contributed by atoms with Crippen molar-refractivity contribution in [2.45, 2.75) is 26.2 Å². The number of ketones is 1. The molecule has 282 valence electrons. The number of rotatable bonds is 12. The van der Waals surface area contributed by atoms with E-state index in [1.807, 2.05) is 34.1 Å². The molecular weight excluding hydrogens is 713 g/mol. The number of nitrogens with zero attached hydrogens (tertiary/aromatic N) is 6. The number of pyridine rings is 2. The predicted molar refractivity (Wildman–Crippen MR) is 208 cm³/mol. The third kappa shape index (κ3) is 7.84. The number of hydrogen-bond acceptors (Lipinski definition) is 10. The van der Waals surface area contributed by atoms with Gasteiger partial charge in [-0.05, 0) is 86.7 Å². The molecule has 3 aromatic heterocycles. The van der Waals surface area contributed by atoms with Gasteiger partial charge in [-0.2, -0.15) is 4.72 Å². The molecule has 1 unspecified atom stereocenters. The highest BCUT2D eigenvalue weighted by molar-refractivity contribution is 7.90. The Morgan fingerprint density at radius 3 is 2.48 bits per heavy atom. The van der Waals surface area contributed by atoms with Crippen molar-refractivity contribution >= 4 is 57.2 Å². The van der Waals surface area contributed by atoms with Crippen molar-refractivity contribution in [3.63, 3.8) is 0 Å². The number of halogens is 2. The van der Waals surface area contributed by atoms with Crippen molar-refractivity contribution < 1.29 is 22.9 Å². The highest BCUT2D eigenvalue weighted by Gasteiger charge is 2.28. The van der Waals surface area contributed by atoms with E-state index < -0.39 is 34.5 Å². The maximum absolute atomic E-state index is 15.5. The molecule has 0 radical (unpaired) electrons. The largest absolute Gasteiger partial charge is 0.573 e. The Kier molecular flexibility index (Phi) is 11.0. The SMILES string of the molecule is CCN(C)[S+]([O-])Nc1ccc(F)c(C(=O)c2c[nH]c3ncc(-c4ccc(N5CCN(CCC6CCN(c7ccc(N)cc7)CC6)C(=O)C5)nc4)cc23)c1F. The van der Waals surface area contributed by atoms with Gasteiger partial charge in [0.15, 0.2) is 17.4 Å². The predicted octanol–water partition coefficient (Wildman–Crippen LogP) is 5.61. The average Bonchev–Trinajstić information content (AvgIpc) is 3.62. The molecule has 5 aromatic rings. The first kappa shape index (κ1) is 37.1. The van der Waals surface area contributed by atoms with Crippen LogP contribution in [0.5, 0.6) is 0 Å². The second-order valence-electron chi connectivity index (χ2n) is 13.7. The lowest BCUT2D eigenvalue weighted by Crippen LogP contribution is -2.51. The minimum Gasteiger partial charge on any atom is -0.573 e. The van der Waals surface area contributed by atoms with Gasteiger partial charge >= 0.3 is 0 Å². The Morgan fingerprint density at radius 1 is 1.02 bits per heavy atom. The molecule has 54 heavy (non-hydrogen) atoms. The van der Waals surface area contributed by atoms with Gasteiger partial charge in [-0.25, -0.2) is 18.7 Å². The Labute approximate surface area is 315 Å². The first-order valence-corrected chi connectivity index (χ1v) is 19.2. The van der Waals surface area contributed by atoms with Gasteiger partial charge in [-0.3, -0.25) is 9.59 Å². The lowest BCUT2D eigenvalue weighted by molar-refractivity contribution is -0.131. The van der Waals surface area contributed by atoms with Crippen LogP contribution in [-0.2, 0) is 16.3 Å². The summed E-state index contributed by atoms with van der Waals surface area (Å²) in [6.07, 6.45) is 7.87. The highest BCUT2D eigenvalue weighted by atomic mass is 32.2. The third-order valence-corrected chi connectivity index (χ3v) is 11.6. The second-order valence-corrected chi connectivity index (χ2v) is 15.1. The molecule has 0 bridgehead atoms. The van der Waals surface area contributed by atoms with E-state index in [1.165, 1.54) is 16.2 Å². The number of anilines is 4. The summed E-state index contributed by atoms with van der Waals surface area (Å²) >= 11 is -1.79. The van der Waals surface area contributed by atoms with Crippen molar-refractivity contribution in [1.29, 1.82) is 0 Å². The molecule has 4 N–H and O–H groups in total. The Bertz CT molecular complexity index is 2120. The first-order valence-electron chi connectivity index (χ1n) is 18.1. The lowest BCUT2D eigenvalue weighted by atomic mass is 9.93. The van der Waals surface area contributed by atoms with Crippen molar-refractivity contribution in [1.82, 2.24) is 24.2 Å². The number of amides is 1. The molecular formula is C39H43F2N9O3S. The van der Waals surface area contributed by atoms with Crippen LogP contribution in [0.4, 0.5) is 31.7 Å². The quantitative estimate of drug-likeness (QED) is 0.0833. The minimum atomic E-state index is -1.79. The highest BCUT2D eigenvalue weighted by Crippen LogP contribution is 2.31. The first-order chi connectivity index (χ1) is 26.1. The standard InChI is InChI=1S/C39H43F2N9O3S/c1-3-47(2)54(53)46-33-10-9-32(40)36(37(33)41)38(52)31-23-45-39-30(31)20-27(22-44-39)26-4-11-34(43-21-26)50-19-18-49(35(51)24-50)17-14-25-12-15-48(16-13-25)29-7-5-28(42)6-8-29/h4-11,20-23,25,46H,3,12-19,24,42H2,1-2H3,(H,44,45). The lowest BCUT2D eigenvalue weighted by Gasteiger charge is -2.37. The van der Waals surface area contributed by atoms with Crippen molar-refractivity contribution in [2.75, 3.05) is 73.1 Å². The van der Waals surface area contributed by atoms with E-state index in [1.54, 1.807) is 32.4 Å². The number of piperidine rings is 1. The zero-order chi connectivity index (χ0) is 37.9. The van der Waals surface area contributed by atoms with E-state index in [2.05, 4.69) is 36.7 Å². The van der Waals surface area contributed by atoms with Crippen LogP contribution >= 0.6 is 0 Å². The normalized spacial score (nSPS) is 16.0. The summed E-state index contributed by atoms with van der Waals surface area (Å²) in [5, 5.41) is 0.377. The summed E-state index contributed by atoms with van der Waals surface area (Å²) in [6, 6.07) is 15.5. The maximum atomic E-state index is 15.5. The van der Waals surface area contributed by atoms with E-state index in [9.17, 15) is 18.5 Å². The molecule has 0 spiro atoms. The van der Waals surface area contributed by atoms with Crippen LogP contribution in [0, 0.1) is 17.6 Å². The fourth-order valence-electron chi connectivity index (χ4n) is 7.00. The van der Waals surface area contributed by atoms with Crippen LogP contribution in [0.1, 0.15) is 42.1 Å². The number of nitrogens with two attached hydrogens (primary N) is 1. The molecule has 15 heteroatoms. The number of aromatic nitrogens is 3. The second kappa shape index (κ2) is 16.0.